The molecule has 1 unspecified atom stereocenters. The first-order valence-corrected chi connectivity index (χ1v) is 8.48. The number of hydrogen-bond donors (Lipinski definition) is 3. The van der Waals surface area contributed by atoms with Crippen LogP contribution in [-0.4, -0.2) is 45.8 Å². The zero-order valence-corrected chi connectivity index (χ0v) is 15.3. The fourth-order valence-electron chi connectivity index (χ4n) is 2.81. The minimum atomic E-state index is -1.71. The predicted octanol–water partition coefficient (Wildman–Crippen LogP) is 2.03. The Kier molecular flexibility index (Phi) is 6.55. The van der Waals surface area contributed by atoms with E-state index in [0.717, 1.165) is 7.05 Å². The summed E-state index contributed by atoms with van der Waals surface area (Å²) in [6.45, 7) is 2.34. The summed E-state index contributed by atoms with van der Waals surface area (Å²) in [6.07, 6.45) is -0.493. The molecule has 1 atom stereocenters. The molecule has 144 valence electrons. The Morgan fingerprint density at radius 1 is 1.15 bits per heavy atom. The van der Waals surface area contributed by atoms with Crippen molar-refractivity contribution in [3.63, 3.8) is 0 Å². The quantitative estimate of drug-likeness (QED) is 0.371. The van der Waals surface area contributed by atoms with E-state index in [1.54, 1.807) is 24.3 Å². The Morgan fingerprint density at radius 3 is 2.41 bits per heavy atom. The van der Waals surface area contributed by atoms with Crippen LogP contribution in [0.25, 0.3) is 0 Å². The van der Waals surface area contributed by atoms with Gasteiger partial charge in [-0.15, -0.1) is 0 Å². The molecule has 0 saturated heterocycles. The zero-order chi connectivity index (χ0) is 20.0. The molecule has 7 heteroatoms. The lowest BCUT2D eigenvalue weighted by atomic mass is 9.83. The number of phenolic OH excluding ortho intramolecular Hbond substituents is 1. The molecule has 1 amide bonds. The summed E-state index contributed by atoms with van der Waals surface area (Å²) in [5.74, 6) is -1.41. The number of nitrogens with zero attached hydrogens (tertiary/aromatic N) is 1. The molecule has 0 fully saturated rings. The summed E-state index contributed by atoms with van der Waals surface area (Å²) in [4.78, 5) is 24.0. The molecule has 0 saturated carbocycles. The summed E-state index contributed by atoms with van der Waals surface area (Å²) < 4.78 is 5.46. The van der Waals surface area contributed by atoms with E-state index < -0.39 is 23.7 Å². The van der Waals surface area contributed by atoms with Crippen LogP contribution in [-0.2, 0) is 21.6 Å². The fraction of sp³-hybridized carbons (Fsp3) is 0.300. The van der Waals surface area contributed by atoms with Crippen molar-refractivity contribution in [1.29, 1.82) is 0 Å². The van der Waals surface area contributed by atoms with Crippen LogP contribution in [0, 0.1) is 0 Å². The van der Waals surface area contributed by atoms with Gasteiger partial charge in [0.25, 0.3) is 0 Å². The van der Waals surface area contributed by atoms with Crippen molar-refractivity contribution in [2.45, 2.75) is 25.4 Å². The molecule has 27 heavy (non-hydrogen) atoms. The van der Waals surface area contributed by atoms with E-state index in [1.165, 1.54) is 24.3 Å². The maximum Gasteiger partial charge on any atom is 0.313 e. The van der Waals surface area contributed by atoms with E-state index in [1.807, 2.05) is 6.92 Å². The lowest BCUT2D eigenvalue weighted by Gasteiger charge is -2.28. The van der Waals surface area contributed by atoms with Crippen LogP contribution in [0.5, 0.6) is 11.5 Å². The molecule has 0 aliphatic carbocycles. The predicted molar refractivity (Wildman–Crippen MR) is 97.5 cm³/mol. The van der Waals surface area contributed by atoms with Crippen LogP contribution in [0.3, 0.4) is 0 Å². The molecule has 0 radical (unpaired) electrons. The number of hydrogen-bond acceptors (Lipinski definition) is 6. The molecule has 7 nitrogen and oxygen atoms in total. The zero-order valence-electron chi connectivity index (χ0n) is 15.3. The Labute approximate surface area is 157 Å². The summed E-state index contributed by atoms with van der Waals surface area (Å²) >= 11 is 0. The van der Waals surface area contributed by atoms with Gasteiger partial charge < -0.3 is 14.9 Å². The van der Waals surface area contributed by atoms with Crippen molar-refractivity contribution in [3.8, 4) is 11.5 Å². The smallest absolute Gasteiger partial charge is 0.313 e. The molecule has 2 aromatic rings. The van der Waals surface area contributed by atoms with Crippen LogP contribution < -0.4 is 4.74 Å². The minimum Gasteiger partial charge on any atom is -0.508 e. The number of aromatic hydroxyl groups is 1. The Morgan fingerprint density at radius 2 is 1.81 bits per heavy atom. The summed E-state index contributed by atoms with van der Waals surface area (Å²) in [6, 6.07) is 12.8. The molecular formula is C20H23NO6. The van der Waals surface area contributed by atoms with Crippen molar-refractivity contribution < 1.29 is 29.7 Å². The summed E-state index contributed by atoms with van der Waals surface area (Å²) in [5, 5.41) is 30.1. The molecule has 2 aromatic carbocycles. The lowest BCUT2D eigenvalue weighted by molar-refractivity contribution is -0.167. The number of benzene rings is 2. The van der Waals surface area contributed by atoms with Gasteiger partial charge in [-0.3, -0.25) is 14.8 Å². The van der Waals surface area contributed by atoms with Gasteiger partial charge in [0.15, 0.2) is 0 Å². The fourth-order valence-corrected chi connectivity index (χ4v) is 2.81. The number of Topliss-reactive ketones (excluding diaryl/α,β-unsaturated/α-hetero) is 1. The molecule has 0 aliphatic rings. The van der Waals surface area contributed by atoms with Gasteiger partial charge in [0.2, 0.25) is 5.78 Å². The minimum absolute atomic E-state index is 0.0111. The first kappa shape index (κ1) is 20.4. The highest BCUT2D eigenvalue weighted by Gasteiger charge is 2.35. The van der Waals surface area contributed by atoms with Crippen LogP contribution in [0.2, 0.25) is 0 Å². The van der Waals surface area contributed by atoms with Crippen LogP contribution in [0.1, 0.15) is 24.5 Å². The van der Waals surface area contributed by atoms with Crippen LogP contribution >= 0.6 is 0 Å². The van der Waals surface area contributed by atoms with Gasteiger partial charge in [-0.2, -0.15) is 0 Å². The average Bonchev–Trinajstić information content (AvgIpc) is 2.61. The second-order valence-electron chi connectivity index (χ2n) is 6.26. The molecular weight excluding hydrogens is 350 g/mol. The first-order valence-electron chi connectivity index (χ1n) is 8.48. The maximum atomic E-state index is 12.2. The van der Waals surface area contributed by atoms with Crippen molar-refractivity contribution in [2.24, 2.45) is 0 Å². The van der Waals surface area contributed by atoms with Gasteiger partial charge in [-0.25, -0.2) is 5.06 Å². The molecule has 0 bridgehead atoms. The first-order chi connectivity index (χ1) is 12.7. The third-order valence-corrected chi connectivity index (χ3v) is 4.10. The SMILES string of the molecule is CCOc1cccc(CC(O)(CC(=O)C(=O)N(C)O)c2ccc(O)cc2)c1. The van der Waals surface area contributed by atoms with E-state index in [0.29, 0.717) is 23.5 Å². The summed E-state index contributed by atoms with van der Waals surface area (Å²) in [5.41, 5.74) is -0.639. The number of phenols is 1. The molecule has 0 aromatic heterocycles. The van der Waals surface area contributed by atoms with Crippen LogP contribution in [0.4, 0.5) is 0 Å². The van der Waals surface area contributed by atoms with Crippen molar-refractivity contribution in [1.82, 2.24) is 5.06 Å². The van der Waals surface area contributed by atoms with Crippen molar-refractivity contribution in [3.05, 3.63) is 59.7 Å². The van der Waals surface area contributed by atoms with Crippen molar-refractivity contribution >= 4 is 11.7 Å². The third kappa shape index (κ3) is 5.29. The van der Waals surface area contributed by atoms with E-state index in [4.69, 9.17) is 4.74 Å². The second-order valence-corrected chi connectivity index (χ2v) is 6.26. The Balaban J connectivity index is 2.37. The highest BCUT2D eigenvalue weighted by molar-refractivity contribution is 6.35. The second kappa shape index (κ2) is 8.66. The topological polar surface area (TPSA) is 107 Å². The Hall–Kier alpha value is -2.90. The number of ether oxygens (including phenoxy) is 1. The molecule has 0 aliphatic heterocycles. The van der Waals surface area contributed by atoms with E-state index in [2.05, 4.69) is 0 Å². The molecule has 2 rings (SSSR count). The third-order valence-electron chi connectivity index (χ3n) is 4.10. The molecule has 3 N–H and O–H groups in total. The van der Waals surface area contributed by atoms with Crippen LogP contribution in [0.15, 0.2) is 48.5 Å². The van der Waals surface area contributed by atoms with Gasteiger partial charge in [-0.05, 0) is 42.3 Å². The Bertz CT molecular complexity index is 802. The standard InChI is InChI=1S/C20H23NO6/c1-3-27-17-6-4-5-14(11-17)12-20(25,13-18(23)19(24)21(2)26)15-7-9-16(22)10-8-15/h4-11,22,25-26H,3,12-13H2,1-2H3. The number of carbonyl (C=O) groups is 2. The normalized spacial score (nSPS) is 12.9. The molecule has 0 heterocycles. The highest BCUT2D eigenvalue weighted by atomic mass is 16.5. The number of carbonyl (C=O) groups excluding carboxylic acids is 2. The molecule has 0 spiro atoms. The average molecular weight is 373 g/mol. The number of likely N-dealkylation sites (N-methyl/N-ethyl adjacent to an activating group) is 1. The maximum absolute atomic E-state index is 12.2. The summed E-state index contributed by atoms with van der Waals surface area (Å²) in [7, 11) is 1.05. The highest BCUT2D eigenvalue weighted by Crippen LogP contribution is 2.32. The largest absolute Gasteiger partial charge is 0.508 e. The van der Waals surface area contributed by atoms with Gasteiger partial charge in [0.05, 0.1) is 6.61 Å². The number of rotatable bonds is 8. The number of amides is 1. The number of aliphatic hydroxyl groups is 1. The van der Waals surface area contributed by atoms with Crippen molar-refractivity contribution in [2.75, 3.05) is 13.7 Å². The number of ketones is 1. The van der Waals surface area contributed by atoms with Gasteiger partial charge in [-0.1, -0.05) is 24.3 Å². The van der Waals surface area contributed by atoms with Gasteiger partial charge in [0, 0.05) is 19.9 Å². The van der Waals surface area contributed by atoms with E-state index >= 15 is 0 Å². The van der Waals surface area contributed by atoms with Gasteiger partial charge >= 0.3 is 5.91 Å². The van der Waals surface area contributed by atoms with E-state index in [-0.39, 0.29) is 17.2 Å². The van der Waals surface area contributed by atoms with E-state index in [9.17, 15) is 25.0 Å². The number of hydroxylamine groups is 2. The lowest BCUT2D eigenvalue weighted by Crippen LogP contribution is -2.38. The monoisotopic (exact) mass is 373 g/mol. The van der Waals surface area contributed by atoms with Gasteiger partial charge in [0.1, 0.15) is 17.1 Å².